The molecule has 2 aromatic carbocycles. The topological polar surface area (TPSA) is 67.2 Å². The molecule has 2 fully saturated rings. The number of hydrogen-bond acceptors (Lipinski definition) is 6. The molecule has 1 amide bonds. The van der Waals surface area contributed by atoms with E-state index in [1.54, 1.807) is 6.26 Å². The molecule has 3 heterocycles. The number of furan rings is 1. The summed E-state index contributed by atoms with van der Waals surface area (Å²) in [7, 11) is 0. The average molecular weight is 478 g/mol. The number of carbonyl (C=O) groups is 1. The molecule has 0 saturated carbocycles. The first-order valence-corrected chi connectivity index (χ1v) is 12.6. The Balaban J connectivity index is 1.39. The van der Waals surface area contributed by atoms with Gasteiger partial charge >= 0.3 is 0 Å². The lowest BCUT2D eigenvalue weighted by Crippen LogP contribution is -2.38. The van der Waals surface area contributed by atoms with Gasteiger partial charge in [0, 0.05) is 42.8 Å². The van der Waals surface area contributed by atoms with Crippen LogP contribution in [0.5, 0.6) is 0 Å². The van der Waals surface area contributed by atoms with Crippen molar-refractivity contribution in [2.75, 3.05) is 67.7 Å². The Hall–Kier alpha value is -3.03. The molecule has 5 rings (SSSR count). The van der Waals surface area contributed by atoms with Crippen molar-refractivity contribution in [2.45, 2.75) is 33.1 Å². The van der Waals surface area contributed by atoms with Gasteiger partial charge in [0.2, 0.25) is 5.91 Å². The lowest BCUT2D eigenvalue weighted by Gasteiger charge is -2.33. The number of nitrogens with one attached hydrogen (secondary N) is 1. The van der Waals surface area contributed by atoms with E-state index in [4.69, 9.17) is 13.9 Å². The van der Waals surface area contributed by atoms with Gasteiger partial charge in [-0.15, -0.1) is 0 Å². The Bertz CT molecular complexity index is 1190. The highest BCUT2D eigenvalue weighted by molar-refractivity contribution is 5.98. The van der Waals surface area contributed by atoms with Gasteiger partial charge in [0.05, 0.1) is 50.5 Å². The van der Waals surface area contributed by atoms with E-state index in [1.165, 1.54) is 11.1 Å². The number of fused-ring (bicyclic) bond motifs is 1. The fraction of sp³-hybridized carbons (Fsp3) is 0.464. The van der Waals surface area contributed by atoms with Crippen molar-refractivity contribution in [1.82, 2.24) is 0 Å². The summed E-state index contributed by atoms with van der Waals surface area (Å²) in [4.78, 5) is 17.8. The fourth-order valence-electron chi connectivity index (χ4n) is 5.08. The number of aryl methyl sites for hydroxylation is 1. The van der Waals surface area contributed by atoms with Crippen LogP contribution in [0.15, 0.2) is 41.0 Å². The number of rotatable bonds is 6. The highest BCUT2D eigenvalue weighted by atomic mass is 16.5. The van der Waals surface area contributed by atoms with Crippen LogP contribution in [0.1, 0.15) is 36.5 Å². The van der Waals surface area contributed by atoms with Crippen LogP contribution in [0.3, 0.4) is 0 Å². The van der Waals surface area contributed by atoms with Gasteiger partial charge in [-0.2, -0.15) is 0 Å². The molecule has 1 aromatic heterocycles. The van der Waals surface area contributed by atoms with Gasteiger partial charge in [0.1, 0.15) is 5.58 Å². The van der Waals surface area contributed by atoms with Gasteiger partial charge in [-0.3, -0.25) is 4.79 Å². The van der Waals surface area contributed by atoms with Crippen molar-refractivity contribution < 1.29 is 18.7 Å². The molecule has 0 bridgehead atoms. The Morgan fingerprint density at radius 3 is 2.34 bits per heavy atom. The molecule has 0 radical (unpaired) electrons. The average Bonchev–Trinajstić information content (AvgIpc) is 3.25. The maximum absolute atomic E-state index is 13.2. The predicted molar refractivity (Wildman–Crippen MR) is 140 cm³/mol. The van der Waals surface area contributed by atoms with E-state index in [2.05, 4.69) is 60.2 Å². The summed E-state index contributed by atoms with van der Waals surface area (Å²) in [6.07, 6.45) is 1.99. The molecule has 2 saturated heterocycles. The maximum atomic E-state index is 13.2. The van der Waals surface area contributed by atoms with Gasteiger partial charge in [-0.25, -0.2) is 0 Å². The van der Waals surface area contributed by atoms with Crippen LogP contribution < -0.4 is 15.1 Å². The van der Waals surface area contributed by atoms with Crippen LogP contribution in [-0.2, 0) is 20.7 Å². The summed E-state index contributed by atoms with van der Waals surface area (Å²) in [5.74, 6) is 0.366. The van der Waals surface area contributed by atoms with Crippen LogP contribution in [0.2, 0.25) is 0 Å². The van der Waals surface area contributed by atoms with Crippen molar-refractivity contribution in [3.63, 3.8) is 0 Å². The van der Waals surface area contributed by atoms with E-state index in [-0.39, 0.29) is 12.3 Å². The van der Waals surface area contributed by atoms with Crippen molar-refractivity contribution in [1.29, 1.82) is 0 Å². The number of hydrogen-bond donors (Lipinski definition) is 1. The van der Waals surface area contributed by atoms with Crippen molar-refractivity contribution in [3.05, 3.63) is 53.3 Å². The highest BCUT2D eigenvalue weighted by Gasteiger charge is 2.20. The molecule has 2 aliphatic heterocycles. The summed E-state index contributed by atoms with van der Waals surface area (Å²) in [5.41, 5.74) is 7.28. The summed E-state index contributed by atoms with van der Waals surface area (Å²) in [6.45, 7) is 12.7. The SMILES string of the molecule is Cc1cc2occ(CC(=O)Nc3ccc(N4CCOCC4)cc3N3CCOCC3)c2cc1C(C)C. The third kappa shape index (κ3) is 5.16. The summed E-state index contributed by atoms with van der Waals surface area (Å²) in [6, 6.07) is 10.6. The van der Waals surface area contributed by atoms with Crippen molar-refractivity contribution in [2.24, 2.45) is 0 Å². The summed E-state index contributed by atoms with van der Waals surface area (Å²) >= 11 is 0. The Morgan fingerprint density at radius 2 is 1.66 bits per heavy atom. The van der Waals surface area contributed by atoms with E-state index in [9.17, 15) is 4.79 Å². The smallest absolute Gasteiger partial charge is 0.228 e. The minimum Gasteiger partial charge on any atom is -0.464 e. The second-order valence-corrected chi connectivity index (χ2v) is 9.75. The van der Waals surface area contributed by atoms with Crippen LogP contribution in [0.4, 0.5) is 17.1 Å². The molecule has 35 heavy (non-hydrogen) atoms. The second kappa shape index (κ2) is 10.3. The molecular formula is C28H35N3O4. The van der Waals surface area contributed by atoms with Gasteiger partial charge in [-0.1, -0.05) is 13.8 Å². The summed E-state index contributed by atoms with van der Waals surface area (Å²) in [5, 5.41) is 4.20. The molecule has 7 nitrogen and oxygen atoms in total. The Morgan fingerprint density at radius 1 is 0.971 bits per heavy atom. The molecular weight excluding hydrogens is 442 g/mol. The zero-order chi connectivity index (χ0) is 24.4. The van der Waals surface area contributed by atoms with Gasteiger partial charge < -0.3 is 29.0 Å². The zero-order valence-corrected chi connectivity index (χ0v) is 20.9. The van der Waals surface area contributed by atoms with E-state index in [1.807, 2.05) is 6.07 Å². The Labute approximate surface area is 207 Å². The minimum absolute atomic E-state index is 0.0481. The molecule has 0 unspecified atom stereocenters. The first-order chi connectivity index (χ1) is 17.0. The number of carbonyl (C=O) groups excluding carboxylic acids is 1. The standard InChI is InChI=1S/C28H35N3O4/c1-19(2)23-17-24-21(18-35-27(24)14-20(23)3)15-28(32)29-25-5-4-22(30-6-10-33-11-7-30)16-26(25)31-8-12-34-13-9-31/h4-5,14,16-19H,6-13,15H2,1-3H3,(H,29,32). The number of morpholine rings is 2. The Kier molecular flexibility index (Phi) is 6.97. The third-order valence-electron chi connectivity index (χ3n) is 7.00. The third-order valence-corrected chi connectivity index (χ3v) is 7.00. The van der Waals surface area contributed by atoms with E-state index in [0.717, 1.165) is 73.0 Å². The quantitative estimate of drug-likeness (QED) is 0.554. The first kappa shape index (κ1) is 23.7. The van der Waals surface area contributed by atoms with Gasteiger partial charge in [0.15, 0.2) is 0 Å². The van der Waals surface area contributed by atoms with Crippen molar-refractivity contribution in [3.8, 4) is 0 Å². The molecule has 1 N–H and O–H groups in total. The minimum atomic E-state index is -0.0481. The lowest BCUT2D eigenvalue weighted by atomic mass is 9.95. The summed E-state index contributed by atoms with van der Waals surface area (Å²) < 4.78 is 16.9. The number of anilines is 3. The van der Waals surface area contributed by atoms with Crippen LogP contribution in [0.25, 0.3) is 11.0 Å². The van der Waals surface area contributed by atoms with Gasteiger partial charge in [-0.05, 0) is 54.3 Å². The van der Waals surface area contributed by atoms with Crippen LogP contribution in [-0.4, -0.2) is 58.5 Å². The molecule has 0 aliphatic carbocycles. The van der Waals surface area contributed by atoms with E-state index < -0.39 is 0 Å². The number of nitrogens with zero attached hydrogens (tertiary/aromatic N) is 2. The second-order valence-electron chi connectivity index (χ2n) is 9.75. The first-order valence-electron chi connectivity index (χ1n) is 12.6. The van der Waals surface area contributed by atoms with E-state index in [0.29, 0.717) is 19.1 Å². The van der Waals surface area contributed by atoms with Gasteiger partial charge in [0.25, 0.3) is 0 Å². The normalized spacial score (nSPS) is 16.8. The predicted octanol–water partition coefficient (Wildman–Crippen LogP) is 4.72. The molecule has 2 aliphatic rings. The lowest BCUT2D eigenvalue weighted by molar-refractivity contribution is -0.115. The zero-order valence-electron chi connectivity index (χ0n) is 20.9. The maximum Gasteiger partial charge on any atom is 0.228 e. The van der Waals surface area contributed by atoms with Crippen molar-refractivity contribution >= 4 is 33.9 Å². The fourth-order valence-corrected chi connectivity index (χ4v) is 5.08. The monoisotopic (exact) mass is 477 g/mol. The largest absolute Gasteiger partial charge is 0.464 e. The highest BCUT2D eigenvalue weighted by Crippen LogP contribution is 2.33. The number of benzene rings is 2. The van der Waals surface area contributed by atoms with E-state index >= 15 is 0 Å². The molecule has 3 aromatic rings. The molecule has 0 spiro atoms. The molecule has 0 atom stereocenters. The van der Waals surface area contributed by atoms with Crippen LogP contribution >= 0.6 is 0 Å². The molecule has 7 heteroatoms. The number of amides is 1. The van der Waals surface area contributed by atoms with Crippen LogP contribution in [0, 0.1) is 6.92 Å². The molecule has 186 valence electrons. The number of ether oxygens (including phenoxy) is 2.